The van der Waals surface area contributed by atoms with Gasteiger partial charge in [0.2, 0.25) is 0 Å². The number of halogens is 6. The van der Waals surface area contributed by atoms with Crippen molar-refractivity contribution in [1.29, 1.82) is 5.41 Å². The summed E-state index contributed by atoms with van der Waals surface area (Å²) in [5, 5.41) is 26.5. The Bertz CT molecular complexity index is 1820. The van der Waals surface area contributed by atoms with Gasteiger partial charge in [-0.25, -0.2) is 19.4 Å². The third-order valence-electron chi connectivity index (χ3n) is 6.56. The Hall–Kier alpha value is -5.92. The van der Waals surface area contributed by atoms with Crippen LogP contribution in [0.3, 0.4) is 0 Å². The molecule has 282 valence electrons. The summed E-state index contributed by atoms with van der Waals surface area (Å²) in [5.41, 5.74) is 7.78. The number of aromatic amines is 1. The van der Waals surface area contributed by atoms with E-state index >= 15 is 0 Å². The SMILES string of the molecule is COc1cc(C(Cc2ccc(C(=N)N)cc2)c2nn(-c3ccccn3)c(=O)[nH]2)ccc1OC(C)CN(C)C.O=C(O)C(F)(F)F.O=C(O)C(F)(F)F. The Balaban J connectivity index is 0.000000564. The average molecular weight is 744 g/mol. The zero-order valence-electron chi connectivity index (χ0n) is 28.0. The van der Waals surface area contributed by atoms with E-state index in [1.807, 2.05) is 63.5 Å². The fraction of sp³-hybridized carbons (Fsp3) is 0.312. The number of nitrogen functional groups attached to an aromatic ring is 1. The maximum absolute atomic E-state index is 12.9. The van der Waals surface area contributed by atoms with Crippen molar-refractivity contribution in [2.75, 3.05) is 27.7 Å². The van der Waals surface area contributed by atoms with Crippen LogP contribution in [0.15, 0.2) is 71.7 Å². The summed E-state index contributed by atoms with van der Waals surface area (Å²) in [6.45, 7) is 2.77. The number of nitrogens with one attached hydrogen (secondary N) is 2. The molecular weight excluding hydrogens is 708 g/mol. The number of hydrogen-bond acceptors (Lipinski definition) is 9. The van der Waals surface area contributed by atoms with Crippen molar-refractivity contribution in [2.24, 2.45) is 5.73 Å². The van der Waals surface area contributed by atoms with Gasteiger partial charge >= 0.3 is 30.0 Å². The second kappa shape index (κ2) is 18.4. The number of alkyl halides is 6. The summed E-state index contributed by atoms with van der Waals surface area (Å²) in [6, 6.07) is 18.6. The van der Waals surface area contributed by atoms with E-state index in [4.69, 9.17) is 40.4 Å². The van der Waals surface area contributed by atoms with E-state index in [-0.39, 0.29) is 23.5 Å². The van der Waals surface area contributed by atoms with E-state index < -0.39 is 24.3 Å². The lowest BCUT2D eigenvalue weighted by Gasteiger charge is -2.22. The van der Waals surface area contributed by atoms with E-state index in [1.165, 1.54) is 4.68 Å². The van der Waals surface area contributed by atoms with Gasteiger partial charge in [0.15, 0.2) is 17.3 Å². The lowest BCUT2D eigenvalue weighted by atomic mass is 9.90. The molecule has 0 spiro atoms. The number of nitrogens with two attached hydrogens (primary N) is 1. The number of benzene rings is 2. The Labute approximate surface area is 291 Å². The number of aromatic nitrogens is 4. The Morgan fingerprint density at radius 1 is 0.981 bits per heavy atom. The number of pyridine rings is 1. The molecule has 0 bridgehead atoms. The molecule has 0 saturated carbocycles. The van der Waals surface area contributed by atoms with Crippen LogP contribution in [0.1, 0.15) is 35.4 Å². The third-order valence-corrected chi connectivity index (χ3v) is 6.56. The van der Waals surface area contributed by atoms with Crippen molar-refractivity contribution >= 4 is 17.8 Å². The van der Waals surface area contributed by atoms with Gasteiger partial charge in [-0.1, -0.05) is 36.4 Å². The highest BCUT2D eigenvalue weighted by Gasteiger charge is 2.39. The first-order valence-corrected chi connectivity index (χ1v) is 14.8. The van der Waals surface area contributed by atoms with Gasteiger partial charge in [-0.15, -0.1) is 5.10 Å². The second-order valence-electron chi connectivity index (χ2n) is 11.0. The summed E-state index contributed by atoms with van der Waals surface area (Å²) in [5.74, 6) is -3.65. The standard InChI is InChI=1S/C28H33N7O3.2C2HF3O2/c1-18(17-34(2)3)38-23-13-12-21(16-24(23)37-4)22(15-19-8-10-20(11-9-19)26(29)30)27-32-28(36)35(33-27)25-7-5-6-14-31-25;2*3-2(4,5)1(6)7/h5-14,16,18,22H,15,17H2,1-4H3,(H3,29,30)(H,32,33,36);2*(H,6,7). The molecule has 2 unspecified atom stereocenters. The van der Waals surface area contributed by atoms with E-state index in [0.29, 0.717) is 35.1 Å². The summed E-state index contributed by atoms with van der Waals surface area (Å²) >= 11 is 0. The molecule has 0 radical (unpaired) electrons. The van der Waals surface area contributed by atoms with Gasteiger partial charge in [0.1, 0.15) is 17.8 Å². The maximum Gasteiger partial charge on any atom is 0.490 e. The largest absolute Gasteiger partial charge is 0.493 e. The number of carboxylic acid groups (broad SMARTS) is 2. The van der Waals surface area contributed by atoms with Crippen LogP contribution in [0.25, 0.3) is 5.82 Å². The zero-order chi connectivity index (χ0) is 39.4. The number of H-pyrrole nitrogens is 1. The lowest BCUT2D eigenvalue weighted by molar-refractivity contribution is -0.193. The number of likely N-dealkylation sites (N-methyl/N-ethyl adjacent to an activating group) is 1. The molecule has 0 saturated heterocycles. The Kier molecular flexibility index (Phi) is 14.9. The predicted molar refractivity (Wildman–Crippen MR) is 174 cm³/mol. The van der Waals surface area contributed by atoms with Gasteiger partial charge in [-0.05, 0) is 62.8 Å². The summed E-state index contributed by atoms with van der Waals surface area (Å²) in [4.78, 5) is 39.9. The molecule has 4 rings (SSSR count). The number of hydrogen-bond donors (Lipinski definition) is 5. The van der Waals surface area contributed by atoms with Crippen molar-refractivity contribution < 1.29 is 55.6 Å². The fourth-order valence-corrected chi connectivity index (χ4v) is 4.33. The van der Waals surface area contributed by atoms with Crippen LogP contribution in [0.2, 0.25) is 0 Å². The quantitative estimate of drug-likeness (QED) is 0.0835. The van der Waals surface area contributed by atoms with E-state index in [0.717, 1.165) is 17.7 Å². The monoisotopic (exact) mass is 743 g/mol. The van der Waals surface area contributed by atoms with E-state index in [1.54, 1.807) is 31.5 Å². The smallest absolute Gasteiger partial charge is 0.490 e. The third kappa shape index (κ3) is 13.1. The van der Waals surface area contributed by atoms with Crippen molar-refractivity contribution in [3.63, 3.8) is 0 Å². The Morgan fingerprint density at radius 2 is 1.56 bits per heavy atom. The van der Waals surface area contributed by atoms with Crippen LogP contribution in [0.4, 0.5) is 26.3 Å². The van der Waals surface area contributed by atoms with Gasteiger partial charge < -0.3 is 30.3 Å². The summed E-state index contributed by atoms with van der Waals surface area (Å²) in [6.07, 6.45) is -8.05. The number of methoxy groups -OCH3 is 1. The molecule has 6 N–H and O–H groups in total. The number of ether oxygens (including phenoxy) is 2. The molecular formula is C32H35F6N7O7. The molecule has 2 aromatic carbocycles. The van der Waals surface area contributed by atoms with Crippen molar-refractivity contribution in [1.82, 2.24) is 24.6 Å². The molecule has 14 nitrogen and oxygen atoms in total. The molecule has 20 heteroatoms. The topological polar surface area (TPSA) is 210 Å². The van der Waals surface area contributed by atoms with Gasteiger partial charge in [-0.3, -0.25) is 10.4 Å². The van der Waals surface area contributed by atoms with Gasteiger partial charge in [0, 0.05) is 24.2 Å². The number of carboxylic acids is 2. The minimum Gasteiger partial charge on any atom is -0.493 e. The Morgan fingerprint density at radius 3 is 2.02 bits per heavy atom. The molecule has 2 aromatic heterocycles. The number of aliphatic carboxylic acids is 2. The van der Waals surface area contributed by atoms with Gasteiger partial charge in [0.25, 0.3) is 0 Å². The van der Waals surface area contributed by atoms with Gasteiger partial charge in [0.05, 0.1) is 7.11 Å². The lowest BCUT2D eigenvalue weighted by Crippen LogP contribution is -2.28. The van der Waals surface area contributed by atoms with Crippen LogP contribution < -0.4 is 20.9 Å². The van der Waals surface area contributed by atoms with E-state index in [2.05, 4.69) is 20.0 Å². The molecule has 2 atom stereocenters. The van der Waals surface area contributed by atoms with Gasteiger partial charge in [-0.2, -0.15) is 31.0 Å². The first kappa shape index (κ1) is 42.2. The normalized spacial score (nSPS) is 12.4. The van der Waals surface area contributed by atoms with E-state index in [9.17, 15) is 31.1 Å². The minimum absolute atomic E-state index is 0.00959. The molecule has 0 aliphatic rings. The van der Waals surface area contributed by atoms with Crippen LogP contribution in [-0.4, -0.2) is 98.8 Å². The highest BCUT2D eigenvalue weighted by Crippen LogP contribution is 2.35. The molecule has 52 heavy (non-hydrogen) atoms. The minimum atomic E-state index is -5.08. The van der Waals surface area contributed by atoms with Crippen molar-refractivity contribution in [2.45, 2.75) is 37.7 Å². The molecule has 0 aliphatic heterocycles. The maximum atomic E-state index is 12.9. The first-order chi connectivity index (χ1) is 24.1. The number of amidine groups is 1. The first-order valence-electron chi connectivity index (χ1n) is 14.8. The molecule has 0 fully saturated rings. The van der Waals surface area contributed by atoms with Crippen LogP contribution in [0, 0.1) is 5.41 Å². The van der Waals surface area contributed by atoms with Crippen molar-refractivity contribution in [3.8, 4) is 17.3 Å². The molecule has 0 aliphatic carbocycles. The van der Waals surface area contributed by atoms with Crippen LogP contribution in [-0.2, 0) is 16.0 Å². The summed E-state index contributed by atoms with van der Waals surface area (Å²) in [7, 11) is 5.60. The number of carbonyl (C=O) groups is 2. The molecule has 0 amide bonds. The summed E-state index contributed by atoms with van der Waals surface area (Å²) < 4.78 is 76.6. The van der Waals surface area contributed by atoms with Crippen molar-refractivity contribution in [3.05, 3.63) is 99.9 Å². The number of rotatable bonds is 11. The fourth-order valence-electron chi connectivity index (χ4n) is 4.33. The van der Waals surface area contributed by atoms with Crippen LogP contribution in [0.5, 0.6) is 11.5 Å². The molecule has 2 heterocycles. The molecule has 4 aromatic rings. The van der Waals surface area contributed by atoms with Crippen LogP contribution >= 0.6 is 0 Å². The number of nitrogens with zero attached hydrogens (tertiary/aromatic N) is 4. The predicted octanol–water partition coefficient (Wildman–Crippen LogP) is 4.22. The average Bonchev–Trinajstić information content (AvgIpc) is 3.44. The highest BCUT2D eigenvalue weighted by atomic mass is 19.4. The second-order valence-corrected chi connectivity index (χ2v) is 11.0. The zero-order valence-corrected chi connectivity index (χ0v) is 28.0. The highest BCUT2D eigenvalue weighted by molar-refractivity contribution is 5.94.